The minimum Gasteiger partial charge on any atom is -0.463 e. The maximum atomic E-state index is 12.2. The zero-order valence-electron chi connectivity index (χ0n) is 24.8. The number of esters is 6. The lowest BCUT2D eigenvalue weighted by molar-refractivity contribution is -0.324. The molecule has 0 aromatic heterocycles. The Morgan fingerprint density at radius 1 is 0.605 bits per heavy atom. The van der Waals surface area contributed by atoms with E-state index in [1.807, 2.05) is 0 Å². The van der Waals surface area contributed by atoms with Crippen molar-refractivity contribution in [2.45, 2.75) is 110 Å². The molecular weight excluding hydrogens is 582 g/mol. The fraction of sp³-hybridized carbons (Fsp3) is 0.731. The molecule has 2 heterocycles. The monoisotopic (exact) mass is 619 g/mol. The standard InChI is InChI=1S/C26H37NO16/c1-11(28)27-22-25(39-16(6)33)24(20(10-36-13(3)30)42-26(22)40-17(7)34)43-21-8-18(37-14(4)31)23(38-15(5)32)19(41-21)9-35-12(2)29/h18-26H,8-10H2,1-7H3,(H,27,28)/t18-,19-,20-,21+,22-,23-,24-,25-,26-/m1/s1. The van der Waals surface area contributed by atoms with E-state index in [0.717, 1.165) is 41.5 Å². The molecule has 0 aromatic carbocycles. The summed E-state index contributed by atoms with van der Waals surface area (Å²) in [6, 6.07) is -1.30. The molecule has 17 nitrogen and oxygen atoms in total. The van der Waals surface area contributed by atoms with Crippen molar-refractivity contribution in [3.05, 3.63) is 0 Å². The summed E-state index contributed by atoms with van der Waals surface area (Å²) in [7, 11) is 0. The summed E-state index contributed by atoms with van der Waals surface area (Å²) in [5, 5.41) is 2.52. The largest absolute Gasteiger partial charge is 0.463 e. The molecule has 0 unspecified atom stereocenters. The van der Waals surface area contributed by atoms with Crippen molar-refractivity contribution in [3.63, 3.8) is 0 Å². The van der Waals surface area contributed by atoms with Crippen molar-refractivity contribution in [1.82, 2.24) is 5.32 Å². The SMILES string of the molecule is CC(=O)N[C@H]1[C@H](OC(C)=O)O[C@H](COC(C)=O)[C@@H](O[C@H]2C[C@@H](OC(C)=O)[C@@H](OC(C)=O)[C@@H](COC(C)=O)O2)[C@@H]1OC(C)=O. The zero-order valence-corrected chi connectivity index (χ0v) is 24.8. The van der Waals surface area contributed by atoms with Gasteiger partial charge in [0, 0.05) is 54.9 Å². The molecular formula is C26H37NO16. The molecule has 0 bridgehead atoms. The Hall–Kier alpha value is -3.83. The van der Waals surface area contributed by atoms with Crippen molar-refractivity contribution in [2.75, 3.05) is 13.2 Å². The normalized spacial score (nSPS) is 30.2. The van der Waals surface area contributed by atoms with E-state index in [4.69, 9.17) is 42.6 Å². The van der Waals surface area contributed by atoms with Gasteiger partial charge in [0.2, 0.25) is 12.2 Å². The van der Waals surface area contributed by atoms with Gasteiger partial charge in [-0.05, 0) is 0 Å². The minimum atomic E-state index is -1.50. The fourth-order valence-electron chi connectivity index (χ4n) is 4.54. The Bertz CT molecular complexity index is 1060. The molecule has 2 aliphatic heterocycles. The van der Waals surface area contributed by atoms with Gasteiger partial charge in [0.25, 0.3) is 0 Å². The van der Waals surface area contributed by atoms with E-state index in [9.17, 15) is 33.6 Å². The maximum Gasteiger partial charge on any atom is 0.305 e. The molecule has 9 atom stereocenters. The van der Waals surface area contributed by atoms with Gasteiger partial charge >= 0.3 is 35.8 Å². The number of nitrogens with one attached hydrogen (secondary N) is 1. The van der Waals surface area contributed by atoms with Gasteiger partial charge in [0.1, 0.15) is 43.7 Å². The highest BCUT2D eigenvalue weighted by molar-refractivity contribution is 5.74. The first kappa shape index (κ1) is 35.4. The summed E-state index contributed by atoms with van der Waals surface area (Å²) in [4.78, 5) is 83.1. The summed E-state index contributed by atoms with van der Waals surface area (Å²) >= 11 is 0. The lowest BCUT2D eigenvalue weighted by Gasteiger charge is -2.47. The maximum absolute atomic E-state index is 12.2. The van der Waals surface area contributed by atoms with Crippen molar-refractivity contribution in [2.24, 2.45) is 0 Å². The summed E-state index contributed by atoms with van der Waals surface area (Å²) in [6.45, 7) is 6.97. The van der Waals surface area contributed by atoms with Crippen LogP contribution in [0.25, 0.3) is 0 Å². The average molecular weight is 620 g/mol. The van der Waals surface area contributed by atoms with Crippen LogP contribution in [0.2, 0.25) is 0 Å². The first-order valence-corrected chi connectivity index (χ1v) is 13.3. The molecule has 0 radical (unpaired) electrons. The van der Waals surface area contributed by atoms with Gasteiger partial charge in [0.05, 0.1) is 0 Å². The van der Waals surface area contributed by atoms with Crippen LogP contribution >= 0.6 is 0 Å². The number of hydrogen-bond acceptors (Lipinski definition) is 16. The lowest BCUT2D eigenvalue weighted by Crippen LogP contribution is -2.67. The lowest BCUT2D eigenvalue weighted by atomic mass is 9.95. The number of rotatable bonds is 11. The quantitative estimate of drug-likeness (QED) is 0.221. The molecule has 0 spiro atoms. The van der Waals surface area contributed by atoms with Gasteiger partial charge in [-0.2, -0.15) is 0 Å². The summed E-state index contributed by atoms with van der Waals surface area (Å²) < 4.78 is 49.6. The van der Waals surface area contributed by atoms with Crippen LogP contribution in [-0.2, 0) is 76.2 Å². The molecule has 0 aromatic rings. The van der Waals surface area contributed by atoms with Crippen molar-refractivity contribution < 1.29 is 76.2 Å². The molecule has 242 valence electrons. The Kier molecular flexibility index (Phi) is 13.3. The zero-order chi connectivity index (χ0) is 32.4. The third-order valence-electron chi connectivity index (χ3n) is 5.91. The number of carbonyl (C=O) groups excluding carboxylic acids is 7. The number of hydrogen-bond donors (Lipinski definition) is 1. The van der Waals surface area contributed by atoms with Crippen molar-refractivity contribution >= 4 is 41.7 Å². The molecule has 17 heteroatoms. The van der Waals surface area contributed by atoms with E-state index < -0.39 is 110 Å². The van der Waals surface area contributed by atoms with Crippen molar-refractivity contribution in [1.29, 1.82) is 0 Å². The van der Waals surface area contributed by atoms with Gasteiger partial charge in [0.15, 0.2) is 18.5 Å². The van der Waals surface area contributed by atoms with Crippen LogP contribution in [0.15, 0.2) is 0 Å². The Morgan fingerprint density at radius 2 is 1.09 bits per heavy atom. The highest BCUT2D eigenvalue weighted by Crippen LogP contribution is 2.33. The molecule has 1 amide bonds. The molecule has 2 saturated heterocycles. The average Bonchev–Trinajstić information content (AvgIpc) is 2.85. The first-order valence-electron chi connectivity index (χ1n) is 13.3. The van der Waals surface area contributed by atoms with Gasteiger partial charge in [-0.3, -0.25) is 33.6 Å². The van der Waals surface area contributed by atoms with E-state index in [-0.39, 0.29) is 6.42 Å². The number of carbonyl (C=O) groups is 7. The summed E-state index contributed by atoms with van der Waals surface area (Å²) in [5.41, 5.74) is 0. The van der Waals surface area contributed by atoms with Crippen LogP contribution in [0.3, 0.4) is 0 Å². The minimum absolute atomic E-state index is 0.240. The topological polar surface area (TPSA) is 215 Å². The summed E-state index contributed by atoms with van der Waals surface area (Å²) in [5.74, 6) is -5.04. The van der Waals surface area contributed by atoms with Crippen LogP contribution in [0, 0.1) is 0 Å². The predicted octanol–water partition coefficient (Wildman–Crippen LogP) is -0.799. The second-order valence-corrected chi connectivity index (χ2v) is 9.72. The molecule has 43 heavy (non-hydrogen) atoms. The van der Waals surface area contributed by atoms with Crippen LogP contribution in [-0.4, -0.2) is 110 Å². The molecule has 0 saturated carbocycles. The van der Waals surface area contributed by atoms with Crippen molar-refractivity contribution in [3.8, 4) is 0 Å². The van der Waals surface area contributed by atoms with E-state index in [1.54, 1.807) is 0 Å². The van der Waals surface area contributed by atoms with E-state index in [1.165, 1.54) is 6.92 Å². The van der Waals surface area contributed by atoms with Crippen LogP contribution in [0.5, 0.6) is 0 Å². The Labute approximate surface area is 247 Å². The van der Waals surface area contributed by atoms with Crippen LogP contribution < -0.4 is 5.32 Å². The van der Waals surface area contributed by atoms with E-state index in [0.29, 0.717) is 0 Å². The van der Waals surface area contributed by atoms with Gasteiger partial charge in [-0.25, -0.2) is 0 Å². The third-order valence-corrected chi connectivity index (χ3v) is 5.91. The highest BCUT2D eigenvalue weighted by atomic mass is 16.8. The Morgan fingerprint density at radius 3 is 1.56 bits per heavy atom. The number of ether oxygens (including phenoxy) is 9. The molecule has 0 aliphatic carbocycles. The van der Waals surface area contributed by atoms with Gasteiger partial charge in [-0.15, -0.1) is 0 Å². The van der Waals surface area contributed by atoms with Gasteiger partial charge < -0.3 is 47.9 Å². The Balaban J connectivity index is 2.53. The number of amides is 1. The fourth-order valence-corrected chi connectivity index (χ4v) is 4.54. The molecule has 1 N–H and O–H groups in total. The van der Waals surface area contributed by atoms with E-state index in [2.05, 4.69) is 5.32 Å². The first-order chi connectivity index (χ1) is 20.1. The third kappa shape index (κ3) is 11.4. The molecule has 2 fully saturated rings. The summed E-state index contributed by atoms with van der Waals surface area (Å²) in [6.07, 6.45) is -10.7. The molecule has 2 rings (SSSR count). The smallest absolute Gasteiger partial charge is 0.305 e. The second kappa shape index (κ2) is 16.1. The molecule has 2 aliphatic rings. The highest BCUT2D eigenvalue weighted by Gasteiger charge is 2.53. The second-order valence-electron chi connectivity index (χ2n) is 9.72. The van der Waals surface area contributed by atoms with E-state index >= 15 is 0 Å². The van der Waals surface area contributed by atoms with Crippen LogP contribution in [0.4, 0.5) is 0 Å². The van der Waals surface area contributed by atoms with Gasteiger partial charge in [-0.1, -0.05) is 0 Å². The van der Waals surface area contributed by atoms with Crippen LogP contribution in [0.1, 0.15) is 54.9 Å². The predicted molar refractivity (Wildman–Crippen MR) is 136 cm³/mol.